The molecule has 0 heterocycles. The summed E-state index contributed by atoms with van der Waals surface area (Å²) in [5.74, 6) is 0. The van der Waals surface area contributed by atoms with Gasteiger partial charge in [0.15, 0.2) is 0 Å². The smallest absolute Gasteiger partial charge is 0.878 e. The van der Waals surface area contributed by atoms with Crippen molar-refractivity contribution in [3.63, 3.8) is 0 Å². The molecule has 0 aromatic heterocycles. The Labute approximate surface area is 194 Å². The van der Waals surface area contributed by atoms with Gasteiger partial charge in [0.1, 0.15) is 0 Å². The normalized spacial score (nSPS) is 12.9. The van der Waals surface area contributed by atoms with E-state index < -0.39 is 29.4 Å². The quantitative estimate of drug-likeness (QED) is 0.492. The standard InChI is InChI=1S/C23H38OSi4.Li/c1-25(2,3)28(26(4,5)6,27(7,8)9)23(24)22(20-16-12-10-13-17-20)21-18-14-11-15-19-21;/h10-19,24H,1-9H3;/q;+1/p-1. The first kappa shape index (κ1) is 26.5. The van der Waals surface area contributed by atoms with Gasteiger partial charge in [0.25, 0.3) is 0 Å². The van der Waals surface area contributed by atoms with E-state index in [4.69, 9.17) is 0 Å². The minimum Gasteiger partial charge on any atom is -0.878 e. The third kappa shape index (κ3) is 4.86. The fraction of sp³-hybridized carbons (Fsp3) is 0.391. The summed E-state index contributed by atoms with van der Waals surface area (Å²) in [5.41, 5.74) is 3.16. The predicted octanol–water partition coefficient (Wildman–Crippen LogP) is 3.05. The van der Waals surface area contributed by atoms with Crippen molar-refractivity contribution in [1.29, 1.82) is 0 Å². The number of benzene rings is 2. The first-order valence-corrected chi connectivity index (χ1v) is 25.8. The van der Waals surface area contributed by atoms with Crippen molar-refractivity contribution in [2.24, 2.45) is 0 Å². The molecule has 0 aliphatic heterocycles. The van der Waals surface area contributed by atoms with E-state index in [1.165, 1.54) is 0 Å². The molecule has 2 aromatic rings. The van der Waals surface area contributed by atoms with Crippen LogP contribution in [0.25, 0.3) is 5.57 Å². The molecule has 0 bridgehead atoms. The Bertz CT molecular complexity index is 752. The topological polar surface area (TPSA) is 23.1 Å². The van der Waals surface area contributed by atoms with Gasteiger partial charge in [-0.25, -0.2) is 0 Å². The van der Waals surface area contributed by atoms with Gasteiger partial charge in [-0.2, -0.15) is 0 Å². The van der Waals surface area contributed by atoms with Gasteiger partial charge >= 0.3 is 18.9 Å². The SMILES string of the molecule is C[Si](C)(C)[Si](C([O-])=C(c1ccccc1)c1ccccc1)([Si](C)(C)C)[Si](C)(C)C.[Li+]. The minimum absolute atomic E-state index is 0. The molecule has 0 unspecified atom stereocenters. The Balaban J connectivity index is 0.00000420. The van der Waals surface area contributed by atoms with E-state index in [9.17, 15) is 5.11 Å². The molecule has 0 saturated carbocycles. The van der Waals surface area contributed by atoms with Gasteiger partial charge in [-0.05, 0) is 16.7 Å². The number of hydrogen-bond donors (Lipinski definition) is 0. The van der Waals surface area contributed by atoms with Crippen LogP contribution in [-0.4, -0.2) is 29.4 Å². The Kier molecular flexibility index (Phi) is 8.49. The van der Waals surface area contributed by atoms with Crippen LogP contribution >= 0.6 is 0 Å². The zero-order valence-electron chi connectivity index (χ0n) is 20.2. The monoisotopic (exact) mass is 448 g/mol. The van der Waals surface area contributed by atoms with E-state index in [1.807, 2.05) is 12.1 Å². The molecule has 0 atom stereocenters. The molecule has 0 fully saturated rings. The Morgan fingerprint density at radius 2 is 0.828 bits per heavy atom. The summed E-state index contributed by atoms with van der Waals surface area (Å²) >= 11 is 0. The van der Waals surface area contributed by atoms with Crippen molar-refractivity contribution in [3.05, 3.63) is 77.2 Å². The van der Waals surface area contributed by atoms with Crippen LogP contribution in [0.3, 0.4) is 0 Å². The van der Waals surface area contributed by atoms with Gasteiger partial charge in [0, 0.05) is 22.8 Å². The van der Waals surface area contributed by atoms with E-state index in [2.05, 4.69) is 107 Å². The molecule has 0 spiro atoms. The molecule has 0 amide bonds. The second-order valence-electron chi connectivity index (χ2n) is 10.9. The van der Waals surface area contributed by atoms with Crippen molar-refractivity contribution in [3.8, 4) is 0 Å². The Hall–Kier alpha value is -0.555. The summed E-state index contributed by atoms with van der Waals surface area (Å²) in [5, 5.41) is 15.4. The average Bonchev–Trinajstić information content (AvgIpc) is 2.53. The molecule has 0 saturated heterocycles. The van der Waals surface area contributed by atoms with Gasteiger partial charge in [-0.3, -0.25) is 0 Å². The fourth-order valence-electron chi connectivity index (χ4n) is 6.22. The molecule has 1 nitrogen and oxygen atoms in total. The summed E-state index contributed by atoms with van der Waals surface area (Å²) in [4.78, 5) is 0. The largest absolute Gasteiger partial charge is 1.00 e. The maximum atomic E-state index is 14.8. The molecular weight excluding hydrogens is 412 g/mol. The van der Waals surface area contributed by atoms with Crippen LogP contribution in [0.4, 0.5) is 0 Å². The van der Waals surface area contributed by atoms with Crippen molar-refractivity contribution < 1.29 is 24.0 Å². The van der Waals surface area contributed by atoms with Crippen LogP contribution in [-0.2, 0) is 0 Å². The van der Waals surface area contributed by atoms with E-state index in [1.54, 1.807) is 0 Å². The first-order valence-electron chi connectivity index (χ1n) is 10.3. The average molecular weight is 449 g/mol. The molecule has 0 radical (unpaired) electrons. The summed E-state index contributed by atoms with van der Waals surface area (Å²) in [6, 6.07) is 20.8. The summed E-state index contributed by atoms with van der Waals surface area (Å²) in [6.07, 6.45) is 0. The molecule has 0 aliphatic rings. The second kappa shape index (κ2) is 9.29. The molecule has 2 rings (SSSR count). The number of hydrogen-bond acceptors (Lipinski definition) is 1. The molecule has 0 N–H and O–H groups in total. The maximum absolute atomic E-state index is 14.8. The third-order valence-electron chi connectivity index (χ3n) is 6.07. The molecule has 152 valence electrons. The van der Waals surface area contributed by atoms with Gasteiger partial charge in [-0.1, -0.05) is 120 Å². The molecule has 2 aromatic carbocycles. The summed E-state index contributed by atoms with van der Waals surface area (Å²) in [6.45, 7) is 20.2. The van der Waals surface area contributed by atoms with Crippen molar-refractivity contribution in [2.75, 3.05) is 0 Å². The zero-order chi connectivity index (χ0) is 21.4. The van der Waals surface area contributed by atoms with Crippen LogP contribution in [0.15, 0.2) is 66.0 Å². The van der Waals surface area contributed by atoms with E-state index in [0.717, 1.165) is 16.7 Å². The van der Waals surface area contributed by atoms with Crippen LogP contribution in [0.2, 0.25) is 58.9 Å². The van der Waals surface area contributed by atoms with Crippen LogP contribution < -0.4 is 24.0 Å². The van der Waals surface area contributed by atoms with E-state index >= 15 is 0 Å². The first-order chi connectivity index (χ1) is 12.7. The fourth-order valence-corrected chi connectivity index (χ4v) is 104. The predicted molar refractivity (Wildman–Crippen MR) is 135 cm³/mol. The zero-order valence-corrected chi connectivity index (χ0v) is 24.2. The summed E-state index contributed by atoms with van der Waals surface area (Å²) in [7, 11) is -5.12. The van der Waals surface area contributed by atoms with Crippen molar-refractivity contribution in [2.45, 2.75) is 58.9 Å². The Morgan fingerprint density at radius 1 is 0.552 bits per heavy atom. The molecular formula is C23H37LiOSi4. The number of rotatable bonds is 6. The van der Waals surface area contributed by atoms with Crippen LogP contribution in [0.1, 0.15) is 11.1 Å². The van der Waals surface area contributed by atoms with Gasteiger partial charge in [-0.15, -0.1) is 5.38 Å². The summed E-state index contributed by atoms with van der Waals surface area (Å²) < 4.78 is 0. The van der Waals surface area contributed by atoms with Gasteiger partial charge in [0.05, 0.1) is 6.63 Å². The Morgan fingerprint density at radius 3 is 1.07 bits per heavy atom. The van der Waals surface area contributed by atoms with Gasteiger partial charge < -0.3 is 5.11 Å². The van der Waals surface area contributed by atoms with Gasteiger partial charge in [0.2, 0.25) is 0 Å². The molecule has 6 heteroatoms. The second-order valence-corrected chi connectivity index (χ2v) is 51.1. The minimum atomic E-state index is -2.19. The van der Waals surface area contributed by atoms with Crippen molar-refractivity contribution in [1.82, 2.24) is 0 Å². The van der Waals surface area contributed by atoms with E-state index in [0.29, 0.717) is 5.38 Å². The van der Waals surface area contributed by atoms with Crippen molar-refractivity contribution >= 4 is 35.0 Å². The van der Waals surface area contributed by atoms with Crippen LogP contribution in [0.5, 0.6) is 0 Å². The van der Waals surface area contributed by atoms with Crippen LogP contribution in [0, 0.1) is 0 Å². The molecule has 29 heavy (non-hydrogen) atoms. The maximum Gasteiger partial charge on any atom is 1.00 e. The third-order valence-corrected chi connectivity index (χ3v) is 76.5. The molecule has 0 aliphatic carbocycles. The van der Waals surface area contributed by atoms with E-state index in [-0.39, 0.29) is 18.9 Å².